The van der Waals surface area contributed by atoms with Gasteiger partial charge in [0.15, 0.2) is 0 Å². The van der Waals surface area contributed by atoms with Crippen molar-refractivity contribution in [3.8, 4) is 5.75 Å². The first-order valence-electron chi connectivity index (χ1n) is 7.15. The van der Waals surface area contributed by atoms with Crippen molar-refractivity contribution in [2.45, 2.75) is 53.0 Å². The number of anilines is 1. The summed E-state index contributed by atoms with van der Waals surface area (Å²) in [6.07, 6.45) is 3.56. The lowest BCUT2D eigenvalue weighted by atomic mass is 10.1. The minimum Gasteiger partial charge on any atom is -0.491 e. The van der Waals surface area contributed by atoms with Crippen LogP contribution in [-0.2, 0) is 0 Å². The molecule has 1 rings (SSSR count). The van der Waals surface area contributed by atoms with Gasteiger partial charge in [0.05, 0.1) is 12.3 Å². The van der Waals surface area contributed by atoms with Crippen molar-refractivity contribution >= 4 is 5.69 Å². The van der Waals surface area contributed by atoms with E-state index < -0.39 is 0 Å². The molecule has 1 atom stereocenters. The molecule has 0 saturated heterocycles. The summed E-state index contributed by atoms with van der Waals surface area (Å²) >= 11 is 0. The fraction of sp³-hybridized carbons (Fsp3) is 0.625. The van der Waals surface area contributed by atoms with Crippen LogP contribution in [0.1, 0.15) is 47.0 Å². The van der Waals surface area contributed by atoms with Crippen molar-refractivity contribution in [3.05, 3.63) is 24.3 Å². The van der Waals surface area contributed by atoms with Crippen LogP contribution < -0.4 is 10.1 Å². The van der Waals surface area contributed by atoms with Crippen LogP contribution in [0.25, 0.3) is 0 Å². The Morgan fingerprint density at radius 1 is 1.17 bits per heavy atom. The Morgan fingerprint density at radius 2 is 1.89 bits per heavy atom. The Labute approximate surface area is 112 Å². The maximum atomic E-state index is 5.86. The van der Waals surface area contributed by atoms with Crippen molar-refractivity contribution in [2.75, 3.05) is 11.9 Å². The molecule has 1 N–H and O–H groups in total. The second-order valence-corrected chi connectivity index (χ2v) is 5.24. The number of nitrogens with one attached hydrogen (secondary N) is 1. The summed E-state index contributed by atoms with van der Waals surface area (Å²) in [4.78, 5) is 0. The molecule has 0 aromatic heterocycles. The zero-order valence-corrected chi connectivity index (χ0v) is 12.2. The van der Waals surface area contributed by atoms with Crippen molar-refractivity contribution in [3.63, 3.8) is 0 Å². The van der Waals surface area contributed by atoms with Gasteiger partial charge in [-0.25, -0.2) is 0 Å². The fourth-order valence-electron chi connectivity index (χ4n) is 1.91. The van der Waals surface area contributed by atoms with Gasteiger partial charge in [-0.1, -0.05) is 46.2 Å². The highest BCUT2D eigenvalue weighted by molar-refractivity contribution is 5.56. The summed E-state index contributed by atoms with van der Waals surface area (Å²) < 4.78 is 5.86. The normalized spacial score (nSPS) is 12.5. The van der Waals surface area contributed by atoms with E-state index in [1.54, 1.807) is 0 Å². The third-order valence-electron chi connectivity index (χ3n) is 2.95. The maximum absolute atomic E-state index is 5.86. The van der Waals surface area contributed by atoms with E-state index in [2.05, 4.69) is 45.1 Å². The third kappa shape index (κ3) is 4.99. The van der Waals surface area contributed by atoms with Crippen LogP contribution in [0, 0.1) is 5.92 Å². The van der Waals surface area contributed by atoms with Crippen LogP contribution in [0.3, 0.4) is 0 Å². The molecule has 18 heavy (non-hydrogen) atoms. The standard InChI is InChI=1S/C16H27NO/c1-5-9-14(6-2)17-15-10-7-8-11-16(15)18-12-13(3)4/h7-8,10-11,13-14,17H,5-6,9,12H2,1-4H3. The van der Waals surface area contributed by atoms with Crippen molar-refractivity contribution in [1.82, 2.24) is 0 Å². The van der Waals surface area contributed by atoms with Gasteiger partial charge in [-0.2, -0.15) is 0 Å². The van der Waals surface area contributed by atoms with Crippen LogP contribution in [-0.4, -0.2) is 12.6 Å². The molecule has 0 spiro atoms. The Hall–Kier alpha value is -1.18. The van der Waals surface area contributed by atoms with Gasteiger partial charge in [0.1, 0.15) is 5.75 Å². The van der Waals surface area contributed by atoms with E-state index in [9.17, 15) is 0 Å². The van der Waals surface area contributed by atoms with Crippen molar-refractivity contribution in [1.29, 1.82) is 0 Å². The highest BCUT2D eigenvalue weighted by atomic mass is 16.5. The Morgan fingerprint density at radius 3 is 2.50 bits per heavy atom. The molecule has 0 aliphatic carbocycles. The van der Waals surface area contributed by atoms with E-state index in [0.29, 0.717) is 12.0 Å². The zero-order valence-electron chi connectivity index (χ0n) is 12.2. The van der Waals surface area contributed by atoms with E-state index in [1.807, 2.05) is 12.1 Å². The molecular weight excluding hydrogens is 222 g/mol. The predicted molar refractivity (Wildman–Crippen MR) is 79.4 cm³/mol. The van der Waals surface area contributed by atoms with Gasteiger partial charge in [0.25, 0.3) is 0 Å². The van der Waals surface area contributed by atoms with Crippen LogP contribution in [0.2, 0.25) is 0 Å². The summed E-state index contributed by atoms with van der Waals surface area (Å²) in [5.74, 6) is 1.52. The largest absolute Gasteiger partial charge is 0.491 e. The average molecular weight is 249 g/mol. The first-order valence-corrected chi connectivity index (χ1v) is 7.15. The van der Waals surface area contributed by atoms with Crippen LogP contribution in [0.5, 0.6) is 5.75 Å². The molecule has 2 heteroatoms. The highest BCUT2D eigenvalue weighted by Gasteiger charge is 2.09. The predicted octanol–water partition coefficient (Wildman–Crippen LogP) is 4.71. The Balaban J connectivity index is 2.68. The minimum atomic E-state index is 0.541. The number of hydrogen-bond donors (Lipinski definition) is 1. The van der Waals surface area contributed by atoms with Gasteiger partial charge in [0.2, 0.25) is 0 Å². The molecule has 0 saturated carbocycles. The summed E-state index contributed by atoms with van der Waals surface area (Å²) in [7, 11) is 0. The van der Waals surface area contributed by atoms with Gasteiger partial charge in [-0.15, -0.1) is 0 Å². The van der Waals surface area contributed by atoms with E-state index in [-0.39, 0.29) is 0 Å². The second-order valence-electron chi connectivity index (χ2n) is 5.24. The maximum Gasteiger partial charge on any atom is 0.142 e. The molecular formula is C16H27NO. The molecule has 1 unspecified atom stereocenters. The molecule has 0 heterocycles. The summed E-state index contributed by atoms with van der Waals surface area (Å²) in [6, 6.07) is 8.78. The van der Waals surface area contributed by atoms with E-state index >= 15 is 0 Å². The SMILES string of the molecule is CCCC(CC)Nc1ccccc1OCC(C)C. The van der Waals surface area contributed by atoms with Crippen molar-refractivity contribution in [2.24, 2.45) is 5.92 Å². The minimum absolute atomic E-state index is 0.541. The molecule has 0 radical (unpaired) electrons. The first kappa shape index (κ1) is 14.9. The lowest BCUT2D eigenvalue weighted by Crippen LogP contribution is -2.18. The first-order chi connectivity index (χ1) is 8.67. The highest BCUT2D eigenvalue weighted by Crippen LogP contribution is 2.26. The van der Waals surface area contributed by atoms with Gasteiger partial charge < -0.3 is 10.1 Å². The van der Waals surface area contributed by atoms with E-state index in [4.69, 9.17) is 4.74 Å². The number of rotatable bonds is 8. The topological polar surface area (TPSA) is 21.3 Å². The molecule has 1 aromatic rings. The summed E-state index contributed by atoms with van der Waals surface area (Å²) in [6.45, 7) is 9.56. The Kier molecular flexibility index (Phi) is 6.63. The van der Waals surface area contributed by atoms with Crippen LogP contribution in [0.4, 0.5) is 5.69 Å². The van der Waals surface area contributed by atoms with E-state index in [1.165, 1.54) is 12.8 Å². The third-order valence-corrected chi connectivity index (χ3v) is 2.95. The second kappa shape index (κ2) is 8.02. The molecule has 0 amide bonds. The van der Waals surface area contributed by atoms with Gasteiger partial charge >= 0.3 is 0 Å². The quantitative estimate of drug-likeness (QED) is 0.720. The monoisotopic (exact) mass is 249 g/mol. The van der Waals surface area contributed by atoms with Gasteiger partial charge in [-0.05, 0) is 30.9 Å². The van der Waals surface area contributed by atoms with Crippen LogP contribution in [0.15, 0.2) is 24.3 Å². The van der Waals surface area contributed by atoms with E-state index in [0.717, 1.165) is 24.5 Å². The number of benzene rings is 1. The summed E-state index contributed by atoms with van der Waals surface area (Å²) in [5, 5.41) is 3.60. The van der Waals surface area contributed by atoms with Crippen molar-refractivity contribution < 1.29 is 4.74 Å². The van der Waals surface area contributed by atoms with Gasteiger partial charge in [-0.3, -0.25) is 0 Å². The molecule has 0 aliphatic heterocycles. The Bertz CT molecular complexity index is 336. The molecule has 0 fully saturated rings. The number of ether oxygens (including phenoxy) is 1. The van der Waals surface area contributed by atoms with Crippen LogP contribution >= 0.6 is 0 Å². The molecule has 0 aliphatic rings. The number of hydrogen-bond acceptors (Lipinski definition) is 2. The lowest BCUT2D eigenvalue weighted by molar-refractivity contribution is 0.272. The molecule has 1 aromatic carbocycles. The zero-order chi connectivity index (χ0) is 13.4. The number of para-hydroxylation sites is 2. The fourth-order valence-corrected chi connectivity index (χ4v) is 1.91. The molecule has 2 nitrogen and oxygen atoms in total. The lowest BCUT2D eigenvalue weighted by Gasteiger charge is -2.20. The average Bonchev–Trinajstić information content (AvgIpc) is 2.37. The summed E-state index contributed by atoms with van der Waals surface area (Å²) in [5.41, 5.74) is 1.12. The smallest absolute Gasteiger partial charge is 0.142 e. The molecule has 0 bridgehead atoms. The van der Waals surface area contributed by atoms with Gasteiger partial charge in [0, 0.05) is 6.04 Å². The molecule has 102 valence electrons.